The molecule has 1 aliphatic rings. The van der Waals surface area contributed by atoms with Gasteiger partial charge in [-0.05, 0) is 29.9 Å². The molecule has 76 valence electrons. The Balaban J connectivity index is 2.45. The van der Waals surface area contributed by atoms with Gasteiger partial charge in [0.05, 0.1) is 5.92 Å². The number of carbonyl (C=O) groups is 1. The largest absolute Gasteiger partial charge is 0.481 e. The number of hydrogen-bond donors (Lipinski definition) is 1. The summed E-state index contributed by atoms with van der Waals surface area (Å²) in [4.78, 5) is 11.1. The first-order chi connectivity index (χ1) is 6.59. The third kappa shape index (κ3) is 1.33. The second-order valence-electron chi connectivity index (χ2n) is 4.24. The van der Waals surface area contributed by atoms with Crippen LogP contribution in [0.15, 0.2) is 12.4 Å². The fourth-order valence-electron chi connectivity index (χ4n) is 2.38. The zero-order valence-electron chi connectivity index (χ0n) is 8.53. The number of carboxylic acids is 1. The Hall–Kier alpha value is -1.25. The van der Waals surface area contributed by atoms with E-state index in [4.69, 9.17) is 5.11 Å². The van der Waals surface area contributed by atoms with E-state index in [1.165, 1.54) is 5.56 Å². The summed E-state index contributed by atoms with van der Waals surface area (Å²) in [6.45, 7) is 2.02. The highest BCUT2D eigenvalue weighted by atomic mass is 16.4. The topological polar surface area (TPSA) is 42.2 Å². The Morgan fingerprint density at radius 2 is 2.29 bits per heavy atom. The number of aromatic nitrogens is 1. The normalized spacial score (nSPS) is 25.9. The van der Waals surface area contributed by atoms with Crippen LogP contribution in [-0.4, -0.2) is 15.6 Å². The first-order valence-corrected chi connectivity index (χ1v) is 4.97. The minimum Gasteiger partial charge on any atom is -0.481 e. The van der Waals surface area contributed by atoms with E-state index < -0.39 is 5.97 Å². The number of aryl methyl sites for hydroxylation is 2. The Bertz CT molecular complexity index is 367. The molecule has 1 aromatic rings. The summed E-state index contributed by atoms with van der Waals surface area (Å²) in [6, 6.07) is 0. The molecular weight excluding hydrogens is 178 g/mol. The van der Waals surface area contributed by atoms with Crippen molar-refractivity contribution in [2.24, 2.45) is 13.0 Å². The average molecular weight is 193 g/mol. The third-order valence-electron chi connectivity index (χ3n) is 3.11. The fourth-order valence-corrected chi connectivity index (χ4v) is 2.38. The van der Waals surface area contributed by atoms with E-state index in [9.17, 15) is 4.79 Å². The van der Waals surface area contributed by atoms with Crippen LogP contribution in [0.2, 0.25) is 0 Å². The van der Waals surface area contributed by atoms with Crippen molar-refractivity contribution in [2.45, 2.75) is 25.7 Å². The van der Waals surface area contributed by atoms with Crippen molar-refractivity contribution < 1.29 is 9.90 Å². The van der Waals surface area contributed by atoms with Gasteiger partial charge in [0.2, 0.25) is 0 Å². The van der Waals surface area contributed by atoms with Gasteiger partial charge in [0.25, 0.3) is 0 Å². The van der Waals surface area contributed by atoms with Crippen LogP contribution in [-0.2, 0) is 18.3 Å². The second kappa shape index (κ2) is 3.15. The number of rotatable bonds is 1. The minimum absolute atomic E-state index is 0.252. The molecule has 0 saturated carbocycles. The molecule has 0 fully saturated rings. The summed E-state index contributed by atoms with van der Waals surface area (Å²) in [5, 5.41) is 9.16. The average Bonchev–Trinajstić information content (AvgIpc) is 2.43. The van der Waals surface area contributed by atoms with Crippen molar-refractivity contribution in [2.75, 3.05) is 0 Å². The highest BCUT2D eigenvalue weighted by Gasteiger charge is 2.32. The van der Waals surface area contributed by atoms with Crippen LogP contribution in [0, 0.1) is 5.92 Å². The lowest BCUT2D eigenvalue weighted by Gasteiger charge is -2.25. The van der Waals surface area contributed by atoms with Gasteiger partial charge in [0.1, 0.15) is 0 Å². The summed E-state index contributed by atoms with van der Waals surface area (Å²) in [7, 11) is 1.95. The number of carboxylic acid groups (broad SMARTS) is 1. The van der Waals surface area contributed by atoms with Gasteiger partial charge in [0.15, 0.2) is 0 Å². The molecular formula is C11H15NO2. The van der Waals surface area contributed by atoms with E-state index in [2.05, 4.69) is 0 Å². The maximum Gasteiger partial charge on any atom is 0.311 e. The third-order valence-corrected chi connectivity index (χ3v) is 3.11. The van der Waals surface area contributed by atoms with Crippen molar-refractivity contribution in [3.05, 3.63) is 23.5 Å². The summed E-state index contributed by atoms with van der Waals surface area (Å²) < 4.78 is 1.96. The monoisotopic (exact) mass is 193 g/mol. The molecule has 14 heavy (non-hydrogen) atoms. The lowest BCUT2D eigenvalue weighted by Crippen LogP contribution is -2.24. The van der Waals surface area contributed by atoms with E-state index in [0.717, 1.165) is 18.4 Å². The minimum atomic E-state index is -0.690. The second-order valence-corrected chi connectivity index (χ2v) is 4.24. The van der Waals surface area contributed by atoms with Crippen LogP contribution in [0.1, 0.15) is 30.4 Å². The Kier molecular flexibility index (Phi) is 2.10. The van der Waals surface area contributed by atoms with Gasteiger partial charge in [-0.1, -0.05) is 6.92 Å². The van der Waals surface area contributed by atoms with Crippen molar-refractivity contribution in [3.63, 3.8) is 0 Å². The number of aliphatic carboxylic acids is 1. The van der Waals surface area contributed by atoms with Gasteiger partial charge in [-0.2, -0.15) is 0 Å². The lowest BCUT2D eigenvalue weighted by molar-refractivity contribution is -0.140. The molecule has 1 heterocycles. The van der Waals surface area contributed by atoms with Gasteiger partial charge in [0, 0.05) is 19.4 Å². The van der Waals surface area contributed by atoms with E-state index in [1.54, 1.807) is 0 Å². The molecule has 1 N–H and O–H groups in total. The highest BCUT2D eigenvalue weighted by molar-refractivity contribution is 5.77. The first kappa shape index (κ1) is 9.31. The quantitative estimate of drug-likeness (QED) is 0.738. The molecule has 1 aliphatic carbocycles. The first-order valence-electron chi connectivity index (χ1n) is 4.97. The summed E-state index contributed by atoms with van der Waals surface area (Å²) in [5.41, 5.74) is 2.22. The van der Waals surface area contributed by atoms with Crippen LogP contribution < -0.4 is 0 Å². The number of hydrogen-bond acceptors (Lipinski definition) is 1. The SMILES string of the molecule is CC1CCc2cn(C)cc2C1C(=O)O. The van der Waals surface area contributed by atoms with E-state index in [1.807, 2.05) is 30.9 Å². The molecule has 2 atom stereocenters. The molecule has 0 amide bonds. The van der Waals surface area contributed by atoms with Gasteiger partial charge in [-0.15, -0.1) is 0 Å². The van der Waals surface area contributed by atoms with Crippen LogP contribution in [0.3, 0.4) is 0 Å². The van der Waals surface area contributed by atoms with Gasteiger partial charge in [-0.3, -0.25) is 4.79 Å². The maximum atomic E-state index is 11.1. The van der Waals surface area contributed by atoms with E-state index >= 15 is 0 Å². The molecule has 1 aromatic heterocycles. The maximum absolute atomic E-state index is 11.1. The van der Waals surface area contributed by atoms with Crippen molar-refractivity contribution >= 4 is 5.97 Å². The molecule has 2 unspecified atom stereocenters. The number of nitrogens with zero attached hydrogens (tertiary/aromatic N) is 1. The summed E-state index contributed by atoms with van der Waals surface area (Å²) in [5.74, 6) is -0.744. The van der Waals surface area contributed by atoms with Crippen LogP contribution >= 0.6 is 0 Å². The van der Waals surface area contributed by atoms with Crippen molar-refractivity contribution in [1.82, 2.24) is 4.57 Å². The van der Waals surface area contributed by atoms with Crippen LogP contribution in [0.25, 0.3) is 0 Å². The molecule has 0 radical (unpaired) electrons. The molecule has 0 aromatic carbocycles. The van der Waals surface area contributed by atoms with Crippen LogP contribution in [0.5, 0.6) is 0 Å². The van der Waals surface area contributed by atoms with Crippen LogP contribution in [0.4, 0.5) is 0 Å². The zero-order valence-corrected chi connectivity index (χ0v) is 8.53. The predicted octanol–water partition coefficient (Wildman–Crippen LogP) is 1.78. The Morgan fingerprint density at radius 3 is 2.93 bits per heavy atom. The molecule has 0 aliphatic heterocycles. The summed E-state index contributed by atoms with van der Waals surface area (Å²) >= 11 is 0. The highest BCUT2D eigenvalue weighted by Crippen LogP contribution is 2.36. The molecule has 3 heteroatoms. The standard InChI is InChI=1S/C11H15NO2/c1-7-3-4-8-5-12(2)6-9(8)10(7)11(13)14/h5-7,10H,3-4H2,1-2H3,(H,13,14). The molecule has 0 saturated heterocycles. The van der Waals surface area contributed by atoms with E-state index in [-0.39, 0.29) is 11.8 Å². The molecule has 3 nitrogen and oxygen atoms in total. The molecule has 0 bridgehead atoms. The summed E-state index contributed by atoms with van der Waals surface area (Å²) in [6.07, 6.45) is 5.98. The van der Waals surface area contributed by atoms with Crippen molar-refractivity contribution in [1.29, 1.82) is 0 Å². The Labute approximate surface area is 83.4 Å². The van der Waals surface area contributed by atoms with Gasteiger partial charge < -0.3 is 9.67 Å². The van der Waals surface area contributed by atoms with Gasteiger partial charge in [-0.25, -0.2) is 0 Å². The van der Waals surface area contributed by atoms with Gasteiger partial charge >= 0.3 is 5.97 Å². The lowest BCUT2D eigenvalue weighted by atomic mass is 9.78. The number of fused-ring (bicyclic) bond motifs is 1. The Morgan fingerprint density at radius 1 is 1.57 bits per heavy atom. The molecule has 2 rings (SSSR count). The molecule has 0 spiro atoms. The smallest absolute Gasteiger partial charge is 0.311 e. The van der Waals surface area contributed by atoms with Crippen molar-refractivity contribution in [3.8, 4) is 0 Å². The zero-order chi connectivity index (χ0) is 10.3. The fraction of sp³-hybridized carbons (Fsp3) is 0.545. The van der Waals surface area contributed by atoms with E-state index in [0.29, 0.717) is 0 Å². The predicted molar refractivity (Wildman–Crippen MR) is 53.3 cm³/mol.